The van der Waals surface area contributed by atoms with E-state index < -0.39 is 0 Å². The van der Waals surface area contributed by atoms with Crippen LogP contribution < -0.4 is 5.32 Å². The highest BCUT2D eigenvalue weighted by atomic mass is 16.3. The van der Waals surface area contributed by atoms with E-state index >= 15 is 0 Å². The van der Waals surface area contributed by atoms with Crippen LogP contribution in [0.3, 0.4) is 0 Å². The lowest BCUT2D eigenvalue weighted by molar-refractivity contribution is -0.118. The number of aliphatic hydroxyl groups is 1. The van der Waals surface area contributed by atoms with Crippen molar-refractivity contribution in [3.8, 4) is 0 Å². The number of carbonyl (C=O) groups is 1. The number of aliphatic hydroxyl groups excluding tert-OH is 1. The lowest BCUT2D eigenvalue weighted by Crippen LogP contribution is -2.36. The van der Waals surface area contributed by atoms with E-state index in [4.69, 9.17) is 0 Å². The Balaban J connectivity index is 1.96. The Morgan fingerprint density at radius 1 is 1.79 bits per heavy atom. The van der Waals surface area contributed by atoms with Crippen LogP contribution in [0.2, 0.25) is 0 Å². The van der Waals surface area contributed by atoms with Gasteiger partial charge in [-0.3, -0.25) is 9.69 Å². The van der Waals surface area contributed by atoms with Gasteiger partial charge in [-0.15, -0.1) is 0 Å². The fourth-order valence-corrected chi connectivity index (χ4v) is 2.28. The highest BCUT2D eigenvalue weighted by Gasteiger charge is 2.37. The van der Waals surface area contributed by atoms with E-state index in [2.05, 4.69) is 16.3 Å². The number of hydrogen-bond donors (Lipinski definition) is 2. The molecule has 0 unspecified atom stereocenters. The van der Waals surface area contributed by atoms with Crippen LogP contribution >= 0.6 is 0 Å². The number of fused-ring (bicyclic) bond motifs is 1. The summed E-state index contributed by atoms with van der Waals surface area (Å²) in [4.78, 5) is 13.0. The second kappa shape index (κ2) is 3.71. The minimum Gasteiger partial charge on any atom is -0.391 e. The molecular weight excluding hydrogens is 180 g/mol. The summed E-state index contributed by atoms with van der Waals surface area (Å²) < 4.78 is 0. The zero-order valence-electron chi connectivity index (χ0n) is 8.36. The summed E-state index contributed by atoms with van der Waals surface area (Å²) in [5, 5.41) is 12.5. The first kappa shape index (κ1) is 9.68. The largest absolute Gasteiger partial charge is 0.391 e. The lowest BCUT2D eigenvalue weighted by atomic mass is 10.0. The summed E-state index contributed by atoms with van der Waals surface area (Å²) in [5.41, 5.74) is 1.16. The van der Waals surface area contributed by atoms with Gasteiger partial charge in [0.1, 0.15) is 0 Å². The zero-order valence-corrected chi connectivity index (χ0v) is 8.36. The second-order valence-electron chi connectivity index (χ2n) is 3.98. The van der Waals surface area contributed by atoms with Crippen LogP contribution in [0.4, 0.5) is 0 Å². The summed E-state index contributed by atoms with van der Waals surface area (Å²) in [7, 11) is 0. The molecule has 2 rings (SSSR count). The van der Waals surface area contributed by atoms with Gasteiger partial charge in [0.05, 0.1) is 12.1 Å². The molecule has 1 amide bonds. The van der Waals surface area contributed by atoms with E-state index in [9.17, 15) is 9.90 Å². The van der Waals surface area contributed by atoms with E-state index in [-0.39, 0.29) is 18.1 Å². The van der Waals surface area contributed by atoms with Gasteiger partial charge in [-0.1, -0.05) is 6.08 Å². The molecule has 14 heavy (non-hydrogen) atoms. The van der Waals surface area contributed by atoms with E-state index in [0.717, 1.165) is 25.1 Å². The summed E-state index contributed by atoms with van der Waals surface area (Å²) in [6, 6.07) is 0.154. The number of nitrogens with one attached hydrogen (secondary N) is 1. The van der Waals surface area contributed by atoms with Crippen molar-refractivity contribution >= 4 is 5.91 Å². The predicted molar refractivity (Wildman–Crippen MR) is 52.8 cm³/mol. The summed E-state index contributed by atoms with van der Waals surface area (Å²) in [6.07, 6.45) is 2.71. The maximum absolute atomic E-state index is 10.8. The van der Waals surface area contributed by atoms with Gasteiger partial charge >= 0.3 is 0 Å². The van der Waals surface area contributed by atoms with Crippen molar-refractivity contribution in [1.82, 2.24) is 10.2 Å². The van der Waals surface area contributed by atoms with Gasteiger partial charge in [0.2, 0.25) is 5.91 Å². The third kappa shape index (κ3) is 1.67. The third-order valence-corrected chi connectivity index (χ3v) is 2.98. The molecule has 0 aromatic carbocycles. The van der Waals surface area contributed by atoms with Gasteiger partial charge in [-0.2, -0.15) is 0 Å². The van der Waals surface area contributed by atoms with Crippen molar-refractivity contribution in [1.29, 1.82) is 0 Å². The van der Waals surface area contributed by atoms with Crippen LogP contribution in [0.25, 0.3) is 0 Å². The number of carbonyl (C=O) groups excluding carboxylic acids is 1. The average Bonchev–Trinajstić information content (AvgIpc) is 2.66. The first-order chi connectivity index (χ1) is 6.68. The Hall–Kier alpha value is -0.870. The second-order valence-corrected chi connectivity index (χ2v) is 3.98. The molecule has 78 valence electrons. The fourth-order valence-electron chi connectivity index (χ4n) is 2.28. The molecule has 0 aromatic heterocycles. The lowest BCUT2D eigenvalue weighted by Gasteiger charge is -2.20. The van der Waals surface area contributed by atoms with Crippen LogP contribution in [0.5, 0.6) is 0 Å². The summed E-state index contributed by atoms with van der Waals surface area (Å²) in [6.45, 7) is 3.97. The maximum atomic E-state index is 10.8. The highest BCUT2D eigenvalue weighted by molar-refractivity contribution is 5.73. The van der Waals surface area contributed by atoms with Crippen molar-refractivity contribution < 1.29 is 9.90 Å². The number of nitrogens with zero attached hydrogens (tertiary/aromatic N) is 1. The molecule has 4 heteroatoms. The quantitative estimate of drug-likeness (QED) is 0.585. The number of rotatable bonds is 2. The Kier molecular flexibility index (Phi) is 2.56. The van der Waals surface area contributed by atoms with Crippen molar-refractivity contribution in [3.63, 3.8) is 0 Å². The fraction of sp³-hybridized carbons (Fsp3) is 0.700. The number of hydrogen-bond acceptors (Lipinski definition) is 3. The van der Waals surface area contributed by atoms with Gasteiger partial charge in [-0.05, 0) is 12.0 Å². The molecule has 4 nitrogen and oxygen atoms in total. The summed E-state index contributed by atoms with van der Waals surface area (Å²) in [5.74, 6) is -0.0168. The van der Waals surface area contributed by atoms with E-state index in [0.29, 0.717) is 6.54 Å². The molecule has 0 radical (unpaired) electrons. The highest BCUT2D eigenvalue weighted by Crippen LogP contribution is 2.28. The van der Waals surface area contributed by atoms with Gasteiger partial charge < -0.3 is 10.4 Å². The van der Waals surface area contributed by atoms with Crippen molar-refractivity contribution in [2.45, 2.75) is 25.5 Å². The molecule has 2 aliphatic heterocycles. The molecule has 1 saturated heterocycles. The van der Waals surface area contributed by atoms with Crippen molar-refractivity contribution in [3.05, 3.63) is 11.6 Å². The van der Waals surface area contributed by atoms with Crippen LogP contribution in [-0.2, 0) is 4.79 Å². The monoisotopic (exact) mass is 196 g/mol. The molecular formula is C10H16N2O2. The molecule has 1 fully saturated rings. The molecule has 0 bridgehead atoms. The Morgan fingerprint density at radius 3 is 3.29 bits per heavy atom. The van der Waals surface area contributed by atoms with Crippen LogP contribution in [0.15, 0.2) is 11.6 Å². The van der Waals surface area contributed by atoms with Crippen molar-refractivity contribution in [2.75, 3.05) is 19.6 Å². The normalized spacial score (nSPS) is 31.4. The van der Waals surface area contributed by atoms with E-state index in [1.165, 1.54) is 6.92 Å². The smallest absolute Gasteiger partial charge is 0.217 e. The third-order valence-electron chi connectivity index (χ3n) is 2.98. The van der Waals surface area contributed by atoms with E-state index in [1.54, 1.807) is 0 Å². The minimum absolute atomic E-state index is 0.0168. The predicted octanol–water partition coefficient (Wildman–Crippen LogP) is -0.502. The van der Waals surface area contributed by atoms with Crippen molar-refractivity contribution in [2.24, 2.45) is 0 Å². The first-order valence-corrected chi connectivity index (χ1v) is 5.04. The maximum Gasteiger partial charge on any atom is 0.217 e. The van der Waals surface area contributed by atoms with Gasteiger partial charge in [0.25, 0.3) is 0 Å². The molecule has 2 atom stereocenters. The standard InChI is InChI=1S/C10H16N2O2/c1-7(13)11-6-8-2-4-12-5-3-9(14)10(8)12/h2,9-10,14H,3-6H2,1H3,(H,11,13)/t9-,10-/m1/s1. The van der Waals surface area contributed by atoms with E-state index in [1.807, 2.05) is 0 Å². The topological polar surface area (TPSA) is 52.6 Å². The van der Waals surface area contributed by atoms with Crippen LogP contribution in [0.1, 0.15) is 13.3 Å². The molecule has 2 aliphatic rings. The van der Waals surface area contributed by atoms with Crippen LogP contribution in [0, 0.1) is 0 Å². The van der Waals surface area contributed by atoms with Gasteiger partial charge in [-0.25, -0.2) is 0 Å². The van der Waals surface area contributed by atoms with Gasteiger partial charge in [0, 0.05) is 26.6 Å². The molecule has 0 spiro atoms. The first-order valence-electron chi connectivity index (χ1n) is 5.04. The average molecular weight is 196 g/mol. The molecule has 2 N–H and O–H groups in total. The Morgan fingerprint density at radius 2 is 2.57 bits per heavy atom. The zero-order chi connectivity index (χ0) is 10.1. The molecule has 0 saturated carbocycles. The SMILES string of the molecule is CC(=O)NCC1=CCN2CC[C@@H](O)[C@@H]12. The Labute approximate surface area is 83.6 Å². The Bertz CT molecular complexity index is 275. The number of amides is 1. The molecule has 0 aliphatic carbocycles. The molecule has 0 aromatic rings. The van der Waals surface area contributed by atoms with Gasteiger partial charge in [0.15, 0.2) is 0 Å². The molecule has 2 heterocycles. The summed E-state index contributed by atoms with van der Waals surface area (Å²) >= 11 is 0. The van der Waals surface area contributed by atoms with Crippen LogP contribution in [-0.4, -0.2) is 47.7 Å². The minimum atomic E-state index is -0.252.